The van der Waals surface area contributed by atoms with E-state index in [0.29, 0.717) is 6.04 Å². The van der Waals surface area contributed by atoms with E-state index in [-0.39, 0.29) is 0 Å². The van der Waals surface area contributed by atoms with Gasteiger partial charge in [-0.15, -0.1) is 0 Å². The second-order valence-corrected chi connectivity index (χ2v) is 5.38. The minimum atomic E-state index is 0.472. The standard InChI is InChI=1S/C16H18N4/c1-19-12-15(10-18-19)16-3-2-8-20(16)11-14-6-4-13(9-17)5-7-14/h4-7,10,12,16H,2-3,8,11H2,1H3/t16-/m0/s1. The Labute approximate surface area is 119 Å². The van der Waals surface area contributed by atoms with Gasteiger partial charge in [0.1, 0.15) is 0 Å². The van der Waals surface area contributed by atoms with Crippen LogP contribution in [-0.2, 0) is 13.6 Å². The van der Waals surface area contributed by atoms with Crippen LogP contribution in [0.25, 0.3) is 0 Å². The molecule has 0 spiro atoms. The van der Waals surface area contributed by atoms with Crippen molar-refractivity contribution in [3.63, 3.8) is 0 Å². The maximum Gasteiger partial charge on any atom is 0.0991 e. The molecule has 0 unspecified atom stereocenters. The van der Waals surface area contributed by atoms with E-state index in [1.54, 1.807) is 0 Å². The molecule has 1 atom stereocenters. The first-order valence-electron chi connectivity index (χ1n) is 6.98. The van der Waals surface area contributed by atoms with E-state index < -0.39 is 0 Å². The molecular formula is C16H18N4. The van der Waals surface area contributed by atoms with Crippen LogP contribution in [-0.4, -0.2) is 21.2 Å². The van der Waals surface area contributed by atoms with Gasteiger partial charge in [0.25, 0.3) is 0 Å². The van der Waals surface area contributed by atoms with Crippen LogP contribution in [0.1, 0.15) is 35.6 Å². The van der Waals surface area contributed by atoms with Gasteiger partial charge < -0.3 is 0 Å². The molecule has 1 aromatic heterocycles. The third-order valence-electron chi connectivity index (χ3n) is 3.94. The van der Waals surface area contributed by atoms with Gasteiger partial charge in [-0.25, -0.2) is 0 Å². The van der Waals surface area contributed by atoms with E-state index in [0.717, 1.165) is 18.7 Å². The summed E-state index contributed by atoms with van der Waals surface area (Å²) in [5, 5.41) is 13.1. The number of benzene rings is 1. The van der Waals surface area contributed by atoms with Crippen LogP contribution >= 0.6 is 0 Å². The minimum Gasteiger partial charge on any atom is -0.292 e. The maximum absolute atomic E-state index is 8.84. The van der Waals surface area contributed by atoms with Gasteiger partial charge in [-0.1, -0.05) is 12.1 Å². The van der Waals surface area contributed by atoms with Crippen molar-refractivity contribution in [1.29, 1.82) is 5.26 Å². The molecule has 1 aliphatic rings. The first-order chi connectivity index (χ1) is 9.76. The molecule has 0 saturated carbocycles. The summed E-state index contributed by atoms with van der Waals surface area (Å²) in [6.45, 7) is 2.06. The summed E-state index contributed by atoms with van der Waals surface area (Å²) in [6.07, 6.45) is 6.52. The molecule has 0 aliphatic carbocycles. The fourth-order valence-corrected chi connectivity index (χ4v) is 2.92. The number of rotatable bonds is 3. The molecule has 0 radical (unpaired) electrons. The molecule has 3 rings (SSSR count). The molecular weight excluding hydrogens is 248 g/mol. The van der Waals surface area contributed by atoms with Gasteiger partial charge >= 0.3 is 0 Å². The fourth-order valence-electron chi connectivity index (χ4n) is 2.92. The summed E-state index contributed by atoms with van der Waals surface area (Å²) in [6, 6.07) is 10.5. The maximum atomic E-state index is 8.84. The Bertz CT molecular complexity index is 621. The number of nitriles is 1. The van der Waals surface area contributed by atoms with Crippen molar-refractivity contribution >= 4 is 0 Å². The Morgan fingerprint density at radius 2 is 2.15 bits per heavy atom. The van der Waals surface area contributed by atoms with E-state index in [1.807, 2.05) is 30.1 Å². The smallest absolute Gasteiger partial charge is 0.0991 e. The summed E-state index contributed by atoms with van der Waals surface area (Å²) in [4.78, 5) is 2.50. The number of hydrogen-bond donors (Lipinski definition) is 0. The average molecular weight is 266 g/mol. The highest BCUT2D eigenvalue weighted by molar-refractivity contribution is 5.31. The summed E-state index contributed by atoms with van der Waals surface area (Å²) >= 11 is 0. The highest BCUT2D eigenvalue weighted by Gasteiger charge is 2.26. The van der Waals surface area contributed by atoms with Gasteiger partial charge in [-0.05, 0) is 37.1 Å². The van der Waals surface area contributed by atoms with Crippen LogP contribution < -0.4 is 0 Å². The average Bonchev–Trinajstić information content (AvgIpc) is 3.08. The van der Waals surface area contributed by atoms with Crippen LogP contribution in [0.5, 0.6) is 0 Å². The summed E-state index contributed by atoms with van der Waals surface area (Å²) < 4.78 is 1.87. The number of aryl methyl sites for hydroxylation is 1. The zero-order chi connectivity index (χ0) is 13.9. The Kier molecular flexibility index (Phi) is 3.53. The molecule has 0 N–H and O–H groups in total. The van der Waals surface area contributed by atoms with Crippen molar-refractivity contribution in [2.75, 3.05) is 6.54 Å². The summed E-state index contributed by atoms with van der Waals surface area (Å²) in [7, 11) is 1.96. The molecule has 1 aliphatic heterocycles. The van der Waals surface area contributed by atoms with E-state index in [1.165, 1.54) is 24.0 Å². The Morgan fingerprint density at radius 3 is 2.80 bits per heavy atom. The molecule has 1 aromatic carbocycles. The van der Waals surface area contributed by atoms with Crippen molar-refractivity contribution in [3.8, 4) is 6.07 Å². The lowest BCUT2D eigenvalue weighted by molar-refractivity contribution is 0.248. The van der Waals surface area contributed by atoms with Crippen molar-refractivity contribution in [2.24, 2.45) is 7.05 Å². The molecule has 20 heavy (non-hydrogen) atoms. The predicted molar refractivity (Wildman–Crippen MR) is 76.8 cm³/mol. The lowest BCUT2D eigenvalue weighted by atomic mass is 10.1. The van der Waals surface area contributed by atoms with Crippen LogP contribution in [0, 0.1) is 11.3 Å². The lowest BCUT2D eigenvalue weighted by Gasteiger charge is -2.23. The zero-order valence-corrected chi connectivity index (χ0v) is 11.7. The van der Waals surface area contributed by atoms with Crippen molar-refractivity contribution < 1.29 is 0 Å². The quantitative estimate of drug-likeness (QED) is 0.858. The number of likely N-dealkylation sites (tertiary alicyclic amines) is 1. The monoisotopic (exact) mass is 266 g/mol. The normalized spacial score (nSPS) is 19.1. The fraction of sp³-hybridized carbons (Fsp3) is 0.375. The number of hydrogen-bond acceptors (Lipinski definition) is 3. The molecule has 1 saturated heterocycles. The van der Waals surface area contributed by atoms with Crippen LogP contribution in [0.2, 0.25) is 0 Å². The van der Waals surface area contributed by atoms with E-state index in [4.69, 9.17) is 5.26 Å². The second-order valence-electron chi connectivity index (χ2n) is 5.38. The van der Waals surface area contributed by atoms with Gasteiger partial charge in [0.05, 0.1) is 17.8 Å². The van der Waals surface area contributed by atoms with Crippen molar-refractivity contribution in [2.45, 2.75) is 25.4 Å². The summed E-state index contributed by atoms with van der Waals surface area (Å²) in [5.41, 5.74) is 3.29. The molecule has 2 heterocycles. The first kappa shape index (κ1) is 12.9. The Balaban J connectivity index is 1.74. The molecule has 0 bridgehead atoms. The predicted octanol–water partition coefficient (Wildman–Crippen LogP) is 2.63. The third kappa shape index (κ3) is 2.59. The van der Waals surface area contributed by atoms with Gasteiger partial charge in [0.15, 0.2) is 0 Å². The van der Waals surface area contributed by atoms with Crippen molar-refractivity contribution in [3.05, 3.63) is 53.3 Å². The Hall–Kier alpha value is -2.12. The highest BCUT2D eigenvalue weighted by Crippen LogP contribution is 2.32. The number of aromatic nitrogens is 2. The van der Waals surface area contributed by atoms with Crippen molar-refractivity contribution in [1.82, 2.24) is 14.7 Å². The molecule has 4 nitrogen and oxygen atoms in total. The summed E-state index contributed by atoms with van der Waals surface area (Å²) in [5.74, 6) is 0. The topological polar surface area (TPSA) is 44.9 Å². The highest BCUT2D eigenvalue weighted by atomic mass is 15.3. The van der Waals surface area contributed by atoms with E-state index >= 15 is 0 Å². The Morgan fingerprint density at radius 1 is 1.35 bits per heavy atom. The SMILES string of the molecule is Cn1cc([C@@H]2CCCN2Cc2ccc(C#N)cc2)cn1. The van der Waals surface area contributed by atoms with Gasteiger partial charge in [0.2, 0.25) is 0 Å². The van der Waals surface area contributed by atoms with E-state index in [9.17, 15) is 0 Å². The zero-order valence-electron chi connectivity index (χ0n) is 11.7. The van der Waals surface area contributed by atoms with Crippen LogP contribution in [0.3, 0.4) is 0 Å². The van der Waals surface area contributed by atoms with Gasteiger partial charge in [0, 0.05) is 31.4 Å². The molecule has 102 valence electrons. The molecule has 1 fully saturated rings. The first-order valence-corrected chi connectivity index (χ1v) is 6.98. The molecule has 2 aromatic rings. The van der Waals surface area contributed by atoms with Crippen LogP contribution in [0.15, 0.2) is 36.7 Å². The minimum absolute atomic E-state index is 0.472. The largest absolute Gasteiger partial charge is 0.292 e. The second kappa shape index (κ2) is 5.48. The third-order valence-corrected chi connectivity index (χ3v) is 3.94. The van der Waals surface area contributed by atoms with Gasteiger partial charge in [-0.3, -0.25) is 9.58 Å². The van der Waals surface area contributed by atoms with Crippen LogP contribution in [0.4, 0.5) is 0 Å². The van der Waals surface area contributed by atoms with Gasteiger partial charge in [-0.2, -0.15) is 10.4 Å². The lowest BCUT2D eigenvalue weighted by Crippen LogP contribution is -2.22. The molecule has 0 amide bonds. The van der Waals surface area contributed by atoms with E-state index in [2.05, 4.69) is 34.4 Å². The number of nitrogens with zero attached hydrogens (tertiary/aromatic N) is 4. The molecule has 4 heteroatoms.